The van der Waals surface area contributed by atoms with Crippen LogP contribution in [0.3, 0.4) is 0 Å². The number of rotatable bonds is 10. The van der Waals surface area contributed by atoms with Gasteiger partial charge in [0.25, 0.3) is 11.8 Å². The lowest BCUT2D eigenvalue weighted by molar-refractivity contribution is -0.131. The summed E-state index contributed by atoms with van der Waals surface area (Å²) in [5.41, 5.74) is 4.40. The number of carbonyl (C=O) groups excluding carboxylic acids is 3. The summed E-state index contributed by atoms with van der Waals surface area (Å²) in [5, 5.41) is 34.5. The van der Waals surface area contributed by atoms with Crippen molar-refractivity contribution in [2.75, 3.05) is 20.6 Å². The number of hydrogen-bond donors (Lipinski definition) is 4. The molecule has 0 bridgehead atoms. The van der Waals surface area contributed by atoms with Gasteiger partial charge in [-0.05, 0) is 109 Å². The number of benzene rings is 3. The smallest absolute Gasteiger partial charge is 0.251 e. The molecule has 2 heterocycles. The Morgan fingerprint density at radius 3 is 2.18 bits per heavy atom. The lowest BCUT2D eigenvalue weighted by Crippen LogP contribution is -2.48. The zero-order valence-electron chi connectivity index (χ0n) is 27.9. The van der Waals surface area contributed by atoms with Crippen molar-refractivity contribution in [2.24, 2.45) is 5.92 Å². The summed E-state index contributed by atoms with van der Waals surface area (Å²) in [7, 11) is 3.18. The molecule has 0 spiro atoms. The second kappa shape index (κ2) is 13.4. The zero-order chi connectivity index (χ0) is 35.0. The van der Waals surface area contributed by atoms with Gasteiger partial charge in [-0.15, -0.1) is 10.2 Å². The molecule has 2 fully saturated rings. The highest BCUT2D eigenvalue weighted by molar-refractivity contribution is 5.95. The van der Waals surface area contributed by atoms with E-state index in [1.165, 1.54) is 12.1 Å². The molecule has 13 heteroatoms. The third-order valence-electron chi connectivity index (χ3n) is 10.5. The van der Waals surface area contributed by atoms with Gasteiger partial charge in [0.2, 0.25) is 5.91 Å². The number of aromatic amines is 1. The van der Waals surface area contributed by atoms with Gasteiger partial charge in [-0.3, -0.25) is 14.4 Å². The number of tetrazole rings is 1. The Morgan fingerprint density at radius 1 is 0.980 bits per heavy atom. The Hall–Kier alpha value is -5.48. The van der Waals surface area contributed by atoms with E-state index in [2.05, 4.69) is 42.6 Å². The van der Waals surface area contributed by atoms with Crippen molar-refractivity contribution in [1.82, 2.24) is 41.5 Å². The number of piperidine rings is 1. The number of carbonyl (C=O) groups is 3. The molecule has 4 N–H and O–H groups in total. The maximum Gasteiger partial charge on any atom is 0.251 e. The van der Waals surface area contributed by atoms with Gasteiger partial charge >= 0.3 is 0 Å². The van der Waals surface area contributed by atoms with Crippen LogP contribution in [0, 0.1) is 23.1 Å². The van der Waals surface area contributed by atoms with Crippen LogP contribution < -0.4 is 16.0 Å². The first-order valence-electron chi connectivity index (χ1n) is 16.9. The van der Waals surface area contributed by atoms with Crippen LogP contribution in [0.2, 0.25) is 0 Å². The molecule has 7 rings (SSSR count). The topological polar surface area (TPSA) is 169 Å². The molecule has 50 heavy (non-hydrogen) atoms. The molecular weight excluding hydrogens is 637 g/mol. The highest BCUT2D eigenvalue weighted by atomic mass is 19.1. The minimum absolute atomic E-state index is 0.000514. The fourth-order valence-corrected chi connectivity index (χ4v) is 8.06. The standard InChI is InChI=1S/C37H38FN9O3/c1-40-34(49)24-7-11-30-22(14-24)5-6-23-15-25(35(50)41-2)8-12-31(23)37(30,36-43-45-46-44-36)18-28(13-21-3-9-27(38)10-4-21)42-20-33(48)47-29(19-39)16-26-17-32(26)47/h3-4,7-12,14-15,26,28-29,32,42H,5-6,13,16-18,20H2,1-2H3,(H,40,49)(H,41,50)(H,43,44,45,46)/t26-,28-,29+,32+/m1/s1. The van der Waals surface area contributed by atoms with Gasteiger partial charge in [0, 0.05) is 37.3 Å². The predicted octanol–water partition coefficient (Wildman–Crippen LogP) is 2.59. The van der Waals surface area contributed by atoms with Gasteiger partial charge in [0.15, 0.2) is 5.82 Å². The summed E-state index contributed by atoms with van der Waals surface area (Å²) < 4.78 is 14.0. The van der Waals surface area contributed by atoms with E-state index in [1.807, 2.05) is 24.3 Å². The first kappa shape index (κ1) is 33.0. The Morgan fingerprint density at radius 2 is 1.62 bits per heavy atom. The lowest BCUT2D eigenvalue weighted by atomic mass is 9.67. The molecule has 1 saturated heterocycles. The number of likely N-dealkylation sites (tertiary alicyclic amines) is 1. The lowest BCUT2D eigenvalue weighted by Gasteiger charge is -2.37. The zero-order valence-corrected chi connectivity index (χ0v) is 27.9. The summed E-state index contributed by atoms with van der Waals surface area (Å²) in [5.74, 6) is -0.134. The van der Waals surface area contributed by atoms with Crippen LogP contribution in [0.1, 0.15) is 73.6 Å². The molecule has 3 amide bonds. The normalized spacial score (nSPS) is 20.4. The summed E-state index contributed by atoms with van der Waals surface area (Å²) >= 11 is 0. The highest BCUT2D eigenvalue weighted by Gasteiger charge is 2.54. The SMILES string of the molecule is CNC(=O)c1ccc2c(c1)CCc1cc(C(=O)NC)ccc1C2(C[C@@H](Cc1ccc(F)cc1)NCC(=O)N1[C@H](C#N)C[C@@H]2C[C@@H]21)c1nn[nH]n1. The molecule has 2 aliphatic carbocycles. The number of H-pyrrole nitrogens is 1. The number of nitrogens with zero attached hydrogens (tertiary/aromatic N) is 5. The molecule has 4 atom stereocenters. The van der Waals surface area contributed by atoms with Gasteiger partial charge in [0.1, 0.15) is 11.9 Å². The number of amides is 3. The molecular formula is C37H38FN9O3. The maximum atomic E-state index is 14.0. The second-order valence-electron chi connectivity index (χ2n) is 13.4. The Labute approximate surface area is 288 Å². The molecule has 3 aromatic carbocycles. The molecule has 0 unspecified atom stereocenters. The molecule has 1 aliphatic heterocycles. The third kappa shape index (κ3) is 6.00. The van der Waals surface area contributed by atoms with E-state index < -0.39 is 17.5 Å². The first-order valence-corrected chi connectivity index (χ1v) is 16.9. The number of aromatic nitrogens is 4. The summed E-state index contributed by atoms with van der Waals surface area (Å²) in [4.78, 5) is 41.0. The van der Waals surface area contributed by atoms with Crippen molar-refractivity contribution in [3.8, 4) is 6.07 Å². The van der Waals surface area contributed by atoms with Gasteiger partial charge in [-0.25, -0.2) is 4.39 Å². The average molecular weight is 676 g/mol. The van der Waals surface area contributed by atoms with Crippen LogP contribution in [0.25, 0.3) is 0 Å². The Bertz CT molecular complexity index is 1910. The quantitative estimate of drug-likeness (QED) is 0.199. The molecule has 1 aromatic heterocycles. The van der Waals surface area contributed by atoms with E-state index in [0.29, 0.717) is 55.0 Å². The minimum atomic E-state index is -1.05. The van der Waals surface area contributed by atoms with Gasteiger partial charge in [-0.2, -0.15) is 10.5 Å². The number of nitrogens with one attached hydrogen (secondary N) is 4. The van der Waals surface area contributed by atoms with E-state index in [-0.39, 0.29) is 36.1 Å². The van der Waals surface area contributed by atoms with Crippen molar-refractivity contribution >= 4 is 17.7 Å². The molecule has 1 saturated carbocycles. The average Bonchev–Trinajstić information content (AvgIpc) is 3.52. The summed E-state index contributed by atoms with van der Waals surface area (Å²) in [6.07, 6.45) is 3.54. The van der Waals surface area contributed by atoms with Gasteiger partial charge in [-0.1, -0.05) is 29.5 Å². The van der Waals surface area contributed by atoms with Crippen molar-refractivity contribution in [3.05, 3.63) is 111 Å². The molecule has 4 aromatic rings. The number of aryl methyl sites for hydroxylation is 2. The largest absolute Gasteiger partial charge is 0.355 e. The van der Waals surface area contributed by atoms with Crippen LogP contribution in [0.5, 0.6) is 0 Å². The van der Waals surface area contributed by atoms with Crippen LogP contribution in [0.15, 0.2) is 60.7 Å². The number of nitriles is 1. The van der Waals surface area contributed by atoms with E-state index in [1.54, 1.807) is 43.3 Å². The van der Waals surface area contributed by atoms with Crippen LogP contribution in [-0.2, 0) is 29.5 Å². The van der Waals surface area contributed by atoms with Crippen LogP contribution in [-0.4, -0.2) is 82.0 Å². The van der Waals surface area contributed by atoms with Crippen LogP contribution >= 0.6 is 0 Å². The Kier molecular flexibility index (Phi) is 8.88. The summed E-state index contributed by atoms with van der Waals surface area (Å²) in [6.45, 7) is 0.000514. The van der Waals surface area contributed by atoms with E-state index in [0.717, 1.165) is 34.2 Å². The second-order valence-corrected chi connectivity index (χ2v) is 13.4. The number of halogens is 1. The monoisotopic (exact) mass is 675 g/mol. The number of hydrogen-bond acceptors (Lipinski definition) is 8. The van der Waals surface area contributed by atoms with Crippen molar-refractivity contribution in [1.29, 1.82) is 5.26 Å². The number of fused-ring (bicyclic) bond motifs is 3. The predicted molar refractivity (Wildman–Crippen MR) is 180 cm³/mol. The van der Waals surface area contributed by atoms with Crippen molar-refractivity contribution in [3.63, 3.8) is 0 Å². The van der Waals surface area contributed by atoms with E-state index in [9.17, 15) is 24.0 Å². The fourth-order valence-electron chi connectivity index (χ4n) is 8.06. The van der Waals surface area contributed by atoms with Gasteiger partial charge < -0.3 is 20.9 Å². The fraction of sp³-hybridized carbons (Fsp3) is 0.378. The molecule has 3 aliphatic rings. The summed E-state index contributed by atoms with van der Waals surface area (Å²) in [6, 6.07) is 19.1. The van der Waals surface area contributed by atoms with Crippen LogP contribution in [0.4, 0.5) is 4.39 Å². The first-order chi connectivity index (χ1) is 24.2. The maximum absolute atomic E-state index is 14.0. The highest BCUT2D eigenvalue weighted by Crippen LogP contribution is 2.48. The van der Waals surface area contributed by atoms with E-state index in [4.69, 9.17) is 0 Å². The van der Waals surface area contributed by atoms with E-state index >= 15 is 0 Å². The minimum Gasteiger partial charge on any atom is -0.355 e. The van der Waals surface area contributed by atoms with Crippen molar-refractivity contribution < 1.29 is 18.8 Å². The van der Waals surface area contributed by atoms with Crippen molar-refractivity contribution in [2.45, 2.75) is 62.1 Å². The molecule has 12 nitrogen and oxygen atoms in total. The molecule has 256 valence electrons. The molecule has 0 radical (unpaired) electrons. The third-order valence-corrected chi connectivity index (χ3v) is 10.5. The van der Waals surface area contributed by atoms with Gasteiger partial charge in [0.05, 0.1) is 18.0 Å². The Balaban J connectivity index is 1.36.